The predicted octanol–water partition coefficient (Wildman–Crippen LogP) is 4.66. The minimum atomic E-state index is -0.109. The molecule has 1 N–H and O–H groups in total. The largest absolute Gasteiger partial charge is 0.495 e. The fourth-order valence-corrected chi connectivity index (χ4v) is 3.38. The summed E-state index contributed by atoms with van der Waals surface area (Å²) in [6, 6.07) is 11.1. The van der Waals surface area contributed by atoms with Crippen LogP contribution in [0.15, 0.2) is 36.4 Å². The van der Waals surface area contributed by atoms with Crippen molar-refractivity contribution in [3.05, 3.63) is 52.0 Å². The highest BCUT2D eigenvalue weighted by Crippen LogP contribution is 2.29. The van der Waals surface area contributed by atoms with Crippen LogP contribution in [0.1, 0.15) is 5.56 Å². The first-order chi connectivity index (χ1) is 12.5. The van der Waals surface area contributed by atoms with Gasteiger partial charge in [0, 0.05) is 42.6 Å². The zero-order valence-electron chi connectivity index (χ0n) is 14.8. The maximum atomic E-state index is 12.5. The predicted molar refractivity (Wildman–Crippen MR) is 107 cm³/mol. The zero-order chi connectivity index (χ0) is 18.7. The van der Waals surface area contributed by atoms with Gasteiger partial charge in [0.2, 0.25) is 0 Å². The number of hydrogen-bond donors (Lipinski definition) is 1. The van der Waals surface area contributed by atoms with Crippen molar-refractivity contribution in [2.24, 2.45) is 0 Å². The van der Waals surface area contributed by atoms with Crippen LogP contribution in [0.5, 0.6) is 5.75 Å². The number of amides is 2. The first kappa shape index (κ1) is 18.7. The van der Waals surface area contributed by atoms with Crippen molar-refractivity contribution >= 4 is 40.6 Å². The van der Waals surface area contributed by atoms with Crippen LogP contribution in [0.2, 0.25) is 10.0 Å². The Morgan fingerprint density at radius 3 is 2.46 bits per heavy atom. The van der Waals surface area contributed by atoms with Crippen LogP contribution in [0, 0.1) is 6.92 Å². The Labute approximate surface area is 163 Å². The van der Waals surface area contributed by atoms with E-state index in [0.29, 0.717) is 28.9 Å². The molecule has 1 saturated heterocycles. The molecule has 0 bridgehead atoms. The smallest absolute Gasteiger partial charge is 0.321 e. The van der Waals surface area contributed by atoms with Gasteiger partial charge in [-0.1, -0.05) is 29.3 Å². The van der Waals surface area contributed by atoms with Gasteiger partial charge in [-0.05, 0) is 42.8 Å². The second-order valence-corrected chi connectivity index (χ2v) is 6.95. The van der Waals surface area contributed by atoms with E-state index >= 15 is 0 Å². The molecule has 1 fully saturated rings. The number of carbonyl (C=O) groups excluding carboxylic acids is 1. The second-order valence-electron chi connectivity index (χ2n) is 6.14. The summed E-state index contributed by atoms with van der Waals surface area (Å²) in [7, 11) is 1.60. The number of benzene rings is 2. The summed E-state index contributed by atoms with van der Waals surface area (Å²) in [5, 5.41) is 4.17. The number of hydrogen-bond acceptors (Lipinski definition) is 3. The van der Waals surface area contributed by atoms with Crippen LogP contribution in [0.3, 0.4) is 0 Å². The number of rotatable bonds is 3. The highest BCUT2D eigenvalue weighted by Gasteiger charge is 2.22. The lowest BCUT2D eigenvalue weighted by atomic mass is 10.2. The third-order valence-corrected chi connectivity index (χ3v) is 5.28. The first-order valence-corrected chi connectivity index (χ1v) is 9.14. The molecule has 1 aliphatic rings. The molecule has 7 heteroatoms. The van der Waals surface area contributed by atoms with E-state index < -0.39 is 0 Å². The van der Waals surface area contributed by atoms with E-state index in [0.717, 1.165) is 30.0 Å². The Morgan fingerprint density at radius 2 is 1.81 bits per heavy atom. The Hall–Kier alpha value is -2.11. The Kier molecular flexibility index (Phi) is 5.79. The molecular weight excluding hydrogens is 373 g/mol. The molecule has 138 valence electrons. The number of carbonyl (C=O) groups is 1. The number of nitrogens with zero attached hydrogens (tertiary/aromatic N) is 2. The lowest BCUT2D eigenvalue weighted by Gasteiger charge is -2.36. The van der Waals surface area contributed by atoms with Crippen molar-refractivity contribution in [3.63, 3.8) is 0 Å². The van der Waals surface area contributed by atoms with Crippen LogP contribution in [0.25, 0.3) is 0 Å². The van der Waals surface area contributed by atoms with Gasteiger partial charge in [-0.3, -0.25) is 0 Å². The third kappa shape index (κ3) is 4.00. The minimum absolute atomic E-state index is 0.109. The third-order valence-electron chi connectivity index (χ3n) is 4.58. The van der Waals surface area contributed by atoms with Crippen molar-refractivity contribution in [3.8, 4) is 5.75 Å². The Bertz CT molecular complexity index is 805. The van der Waals surface area contributed by atoms with Crippen LogP contribution < -0.4 is 15.0 Å². The summed E-state index contributed by atoms with van der Waals surface area (Å²) in [4.78, 5) is 16.5. The number of anilines is 2. The van der Waals surface area contributed by atoms with E-state index in [2.05, 4.69) is 10.2 Å². The Morgan fingerprint density at radius 1 is 1.08 bits per heavy atom. The van der Waals surface area contributed by atoms with Crippen molar-refractivity contribution in [2.45, 2.75) is 6.92 Å². The van der Waals surface area contributed by atoms with E-state index in [9.17, 15) is 4.79 Å². The highest BCUT2D eigenvalue weighted by atomic mass is 35.5. The summed E-state index contributed by atoms with van der Waals surface area (Å²) >= 11 is 12.3. The fraction of sp³-hybridized carbons (Fsp3) is 0.316. The van der Waals surface area contributed by atoms with Crippen LogP contribution in [0.4, 0.5) is 16.2 Å². The van der Waals surface area contributed by atoms with Crippen molar-refractivity contribution < 1.29 is 9.53 Å². The van der Waals surface area contributed by atoms with E-state index in [4.69, 9.17) is 27.9 Å². The molecule has 0 saturated carbocycles. The minimum Gasteiger partial charge on any atom is -0.495 e. The molecule has 0 aromatic heterocycles. The maximum absolute atomic E-state index is 12.5. The normalized spacial score (nSPS) is 14.3. The molecule has 0 aliphatic carbocycles. The fourth-order valence-electron chi connectivity index (χ4n) is 2.96. The lowest BCUT2D eigenvalue weighted by molar-refractivity contribution is 0.208. The average molecular weight is 394 g/mol. The summed E-state index contributed by atoms with van der Waals surface area (Å²) < 4.78 is 5.19. The molecule has 0 atom stereocenters. The van der Waals surface area contributed by atoms with E-state index in [1.54, 1.807) is 7.11 Å². The standard InChI is InChI=1S/C19H21Cl2N3O2/c1-13-15(20)4-3-5-17(13)22-19(25)24-10-8-23(9-11-24)14-6-7-18(26-2)16(21)12-14/h3-7,12H,8-11H2,1-2H3,(H,22,25). The summed E-state index contributed by atoms with van der Waals surface area (Å²) in [6.07, 6.45) is 0. The van der Waals surface area contributed by atoms with Gasteiger partial charge in [0.1, 0.15) is 5.75 Å². The number of piperazine rings is 1. The van der Waals surface area contributed by atoms with Gasteiger partial charge >= 0.3 is 6.03 Å². The molecule has 2 amide bonds. The molecule has 3 rings (SSSR count). The first-order valence-electron chi connectivity index (χ1n) is 8.39. The van der Waals surface area contributed by atoms with Crippen LogP contribution in [-0.2, 0) is 0 Å². The maximum Gasteiger partial charge on any atom is 0.321 e. The van der Waals surface area contributed by atoms with Gasteiger partial charge in [-0.2, -0.15) is 0 Å². The van der Waals surface area contributed by atoms with E-state index in [1.807, 2.05) is 48.2 Å². The molecule has 0 radical (unpaired) electrons. The van der Waals surface area contributed by atoms with Gasteiger partial charge in [0.25, 0.3) is 0 Å². The molecule has 5 nitrogen and oxygen atoms in total. The molecule has 0 unspecified atom stereocenters. The Balaban J connectivity index is 1.60. The highest BCUT2D eigenvalue weighted by molar-refractivity contribution is 6.32. The van der Waals surface area contributed by atoms with Gasteiger partial charge in [0.05, 0.1) is 12.1 Å². The number of ether oxygens (including phenoxy) is 1. The zero-order valence-corrected chi connectivity index (χ0v) is 16.3. The lowest BCUT2D eigenvalue weighted by Crippen LogP contribution is -2.50. The average Bonchev–Trinajstić information content (AvgIpc) is 2.65. The van der Waals surface area contributed by atoms with E-state index in [1.165, 1.54) is 0 Å². The van der Waals surface area contributed by atoms with Gasteiger partial charge < -0.3 is 19.9 Å². The summed E-state index contributed by atoms with van der Waals surface area (Å²) in [6.45, 7) is 4.64. The van der Waals surface area contributed by atoms with Gasteiger partial charge in [-0.15, -0.1) is 0 Å². The molecule has 2 aromatic rings. The molecule has 1 aliphatic heterocycles. The van der Waals surface area contributed by atoms with Crippen molar-refractivity contribution in [2.75, 3.05) is 43.5 Å². The van der Waals surface area contributed by atoms with Crippen molar-refractivity contribution in [1.82, 2.24) is 4.90 Å². The molecule has 1 heterocycles. The number of methoxy groups -OCH3 is 1. The van der Waals surface area contributed by atoms with Gasteiger partial charge in [0.15, 0.2) is 0 Å². The SMILES string of the molecule is COc1ccc(N2CCN(C(=O)Nc3cccc(Cl)c3C)CC2)cc1Cl. The number of halogens is 2. The topological polar surface area (TPSA) is 44.8 Å². The van der Waals surface area contributed by atoms with Crippen LogP contribution >= 0.6 is 23.2 Å². The number of nitrogens with one attached hydrogen (secondary N) is 1. The monoisotopic (exact) mass is 393 g/mol. The second kappa shape index (κ2) is 8.06. The van der Waals surface area contributed by atoms with Crippen LogP contribution in [-0.4, -0.2) is 44.2 Å². The molecule has 0 spiro atoms. The van der Waals surface area contributed by atoms with Crippen molar-refractivity contribution in [1.29, 1.82) is 0 Å². The quantitative estimate of drug-likeness (QED) is 0.823. The summed E-state index contributed by atoms with van der Waals surface area (Å²) in [5.41, 5.74) is 2.64. The van der Waals surface area contributed by atoms with E-state index in [-0.39, 0.29) is 6.03 Å². The molecule has 26 heavy (non-hydrogen) atoms. The molecular formula is C19H21Cl2N3O2. The summed E-state index contributed by atoms with van der Waals surface area (Å²) in [5.74, 6) is 0.658. The number of urea groups is 1. The molecule has 2 aromatic carbocycles. The van der Waals surface area contributed by atoms with Gasteiger partial charge in [-0.25, -0.2) is 4.79 Å².